The summed E-state index contributed by atoms with van der Waals surface area (Å²) >= 11 is 7.90. The molecule has 0 spiro atoms. The molecule has 0 aliphatic rings. The number of carbonyl (C=O) groups excluding carboxylic acids is 1. The highest BCUT2D eigenvalue weighted by molar-refractivity contribution is 7.20. The van der Waals surface area contributed by atoms with Crippen molar-refractivity contribution in [2.75, 3.05) is 5.32 Å². The van der Waals surface area contributed by atoms with Gasteiger partial charge >= 0.3 is 0 Å². The highest BCUT2D eigenvalue weighted by Gasteiger charge is 2.07. The van der Waals surface area contributed by atoms with E-state index in [0.29, 0.717) is 17.1 Å². The molecule has 0 fully saturated rings. The lowest BCUT2D eigenvalue weighted by molar-refractivity contribution is -0.111. The van der Waals surface area contributed by atoms with Crippen molar-refractivity contribution >= 4 is 50.7 Å². The number of anilines is 1. The molecule has 3 rings (SSSR count). The van der Waals surface area contributed by atoms with Gasteiger partial charge in [0.15, 0.2) is 0 Å². The summed E-state index contributed by atoms with van der Waals surface area (Å²) in [5, 5.41) is 13.1. The van der Waals surface area contributed by atoms with Gasteiger partial charge in [-0.1, -0.05) is 41.9 Å². The second kappa shape index (κ2) is 7.31. The number of hydrogen-bond donors (Lipinski definition) is 1. The Bertz CT molecular complexity index is 952. The van der Waals surface area contributed by atoms with E-state index in [1.54, 1.807) is 29.5 Å². The average molecular weight is 353 g/mol. The summed E-state index contributed by atoms with van der Waals surface area (Å²) in [6.07, 6.45) is 3.56. The van der Waals surface area contributed by atoms with Crippen LogP contribution in [0.1, 0.15) is 10.4 Å². The summed E-state index contributed by atoms with van der Waals surface area (Å²) in [5.74, 6) is -0.225. The van der Waals surface area contributed by atoms with Crippen LogP contribution < -0.4 is 5.32 Å². The first kappa shape index (κ1) is 16.3. The van der Waals surface area contributed by atoms with Gasteiger partial charge in [0.05, 0.1) is 17.5 Å². The number of nitrogens with one attached hydrogen (secondary N) is 1. The summed E-state index contributed by atoms with van der Waals surface area (Å²) in [6, 6.07) is 17.2. The predicted octanol–water partition coefficient (Wildman–Crippen LogP) is 5.27. The molecule has 0 saturated heterocycles. The molecule has 0 saturated carbocycles. The molecule has 0 bridgehead atoms. The van der Waals surface area contributed by atoms with E-state index in [4.69, 9.17) is 16.9 Å². The lowest BCUT2D eigenvalue weighted by atomic mass is 10.1. The van der Waals surface area contributed by atoms with Gasteiger partial charge in [-0.3, -0.25) is 4.79 Å². The monoisotopic (exact) mass is 352 g/mol. The minimum absolute atomic E-state index is 0.225. The lowest BCUT2D eigenvalue weighted by Gasteiger charge is -2.02. The van der Waals surface area contributed by atoms with Crippen molar-refractivity contribution in [1.82, 2.24) is 0 Å². The van der Waals surface area contributed by atoms with Crippen LogP contribution in [0.3, 0.4) is 0 Å². The van der Waals surface area contributed by atoms with Crippen molar-refractivity contribution in [2.24, 2.45) is 0 Å². The minimum Gasteiger partial charge on any atom is -0.323 e. The van der Waals surface area contributed by atoms with Crippen molar-refractivity contribution in [2.45, 2.75) is 6.42 Å². The number of halogens is 1. The van der Waals surface area contributed by atoms with Crippen LogP contribution in [0.15, 0.2) is 54.6 Å². The first-order chi connectivity index (χ1) is 11.7. The zero-order chi connectivity index (χ0) is 16.9. The number of benzene rings is 2. The van der Waals surface area contributed by atoms with Crippen LogP contribution in [0, 0.1) is 11.3 Å². The van der Waals surface area contributed by atoms with E-state index in [0.717, 1.165) is 20.5 Å². The molecule has 0 atom stereocenters. The van der Waals surface area contributed by atoms with Crippen molar-refractivity contribution in [3.63, 3.8) is 0 Å². The third-order valence-electron chi connectivity index (χ3n) is 3.45. The number of amides is 1. The van der Waals surface area contributed by atoms with Crippen LogP contribution in [0.25, 0.3) is 16.2 Å². The second-order valence-electron chi connectivity index (χ2n) is 5.13. The van der Waals surface area contributed by atoms with E-state index in [9.17, 15) is 4.79 Å². The van der Waals surface area contributed by atoms with Crippen LogP contribution in [0.5, 0.6) is 0 Å². The zero-order valence-electron chi connectivity index (χ0n) is 12.6. The van der Waals surface area contributed by atoms with E-state index in [1.807, 2.05) is 36.4 Å². The van der Waals surface area contributed by atoms with Crippen LogP contribution in [-0.2, 0) is 11.2 Å². The minimum atomic E-state index is -0.225. The molecule has 1 heterocycles. The fourth-order valence-electron chi connectivity index (χ4n) is 2.27. The van der Waals surface area contributed by atoms with Crippen LogP contribution in [-0.4, -0.2) is 5.91 Å². The first-order valence-corrected chi connectivity index (χ1v) is 8.49. The number of rotatable bonds is 4. The van der Waals surface area contributed by atoms with Gasteiger partial charge in [0, 0.05) is 26.7 Å². The normalized spacial score (nSPS) is 10.8. The van der Waals surface area contributed by atoms with Gasteiger partial charge < -0.3 is 5.32 Å². The van der Waals surface area contributed by atoms with Gasteiger partial charge in [-0.2, -0.15) is 5.26 Å². The summed E-state index contributed by atoms with van der Waals surface area (Å²) in [5.41, 5.74) is 1.61. The third kappa shape index (κ3) is 3.65. The molecule has 24 heavy (non-hydrogen) atoms. The van der Waals surface area contributed by atoms with Crippen LogP contribution in [0.2, 0.25) is 5.02 Å². The molecule has 5 heteroatoms. The topological polar surface area (TPSA) is 52.9 Å². The number of carbonyl (C=O) groups is 1. The fourth-order valence-corrected chi connectivity index (χ4v) is 3.67. The predicted molar refractivity (Wildman–Crippen MR) is 100 cm³/mol. The molecule has 0 radical (unpaired) electrons. The quantitative estimate of drug-likeness (QED) is 0.650. The Balaban J connectivity index is 1.70. The highest BCUT2D eigenvalue weighted by Crippen LogP contribution is 2.35. The SMILES string of the molecule is N#CCc1ccc(NC(=O)/C=C/c2sc3ccccc3c2Cl)cc1. The van der Waals surface area contributed by atoms with Crippen molar-refractivity contribution < 1.29 is 4.79 Å². The lowest BCUT2D eigenvalue weighted by Crippen LogP contribution is -2.07. The van der Waals surface area contributed by atoms with Crippen LogP contribution in [0.4, 0.5) is 5.69 Å². The van der Waals surface area contributed by atoms with E-state index in [2.05, 4.69) is 11.4 Å². The Morgan fingerprint density at radius 2 is 1.96 bits per heavy atom. The fraction of sp³-hybridized carbons (Fsp3) is 0.0526. The maximum absolute atomic E-state index is 12.0. The molecule has 1 N–H and O–H groups in total. The Kier molecular flexibility index (Phi) is 4.95. The average Bonchev–Trinajstić information content (AvgIpc) is 2.92. The van der Waals surface area contributed by atoms with Gasteiger partial charge in [0.25, 0.3) is 0 Å². The zero-order valence-corrected chi connectivity index (χ0v) is 14.2. The maximum Gasteiger partial charge on any atom is 0.248 e. The molecule has 3 aromatic rings. The largest absolute Gasteiger partial charge is 0.323 e. The molecule has 0 unspecified atom stereocenters. The Labute approximate surface area is 148 Å². The van der Waals surface area contributed by atoms with Gasteiger partial charge in [-0.15, -0.1) is 11.3 Å². The third-order valence-corrected chi connectivity index (χ3v) is 5.11. The summed E-state index contributed by atoms with van der Waals surface area (Å²) in [7, 11) is 0. The number of nitriles is 1. The number of fused-ring (bicyclic) bond motifs is 1. The van der Waals surface area contributed by atoms with Gasteiger partial charge in [0.1, 0.15) is 0 Å². The van der Waals surface area contributed by atoms with Crippen LogP contribution >= 0.6 is 22.9 Å². The molecule has 118 valence electrons. The van der Waals surface area contributed by atoms with Crippen molar-refractivity contribution in [3.8, 4) is 6.07 Å². The molecule has 0 aliphatic carbocycles. The van der Waals surface area contributed by atoms with Crippen molar-refractivity contribution in [3.05, 3.63) is 70.1 Å². The van der Waals surface area contributed by atoms with Gasteiger partial charge in [-0.05, 0) is 29.8 Å². The number of nitrogens with zero attached hydrogens (tertiary/aromatic N) is 1. The van der Waals surface area contributed by atoms with Gasteiger partial charge in [-0.25, -0.2) is 0 Å². The van der Waals surface area contributed by atoms with Crippen molar-refractivity contribution in [1.29, 1.82) is 5.26 Å². The first-order valence-electron chi connectivity index (χ1n) is 7.29. The highest BCUT2D eigenvalue weighted by atomic mass is 35.5. The molecule has 1 amide bonds. The van der Waals surface area contributed by atoms with E-state index in [-0.39, 0.29) is 5.91 Å². The summed E-state index contributed by atoms with van der Waals surface area (Å²) < 4.78 is 1.09. The Morgan fingerprint density at radius 1 is 1.21 bits per heavy atom. The molecule has 0 aliphatic heterocycles. The molecule has 2 aromatic carbocycles. The Hall–Kier alpha value is -2.61. The summed E-state index contributed by atoms with van der Waals surface area (Å²) in [4.78, 5) is 12.9. The molecular weight excluding hydrogens is 340 g/mol. The number of hydrogen-bond acceptors (Lipinski definition) is 3. The maximum atomic E-state index is 12.0. The standard InChI is InChI=1S/C19H13ClN2OS/c20-19-15-3-1-2-4-16(15)24-17(19)9-10-18(23)22-14-7-5-13(6-8-14)11-12-21/h1-10H,11H2,(H,22,23)/b10-9+. The van der Waals surface area contributed by atoms with Gasteiger partial charge in [0.2, 0.25) is 5.91 Å². The van der Waals surface area contributed by atoms with E-state index in [1.165, 1.54) is 6.08 Å². The second-order valence-corrected chi connectivity index (χ2v) is 6.59. The molecule has 3 nitrogen and oxygen atoms in total. The van der Waals surface area contributed by atoms with E-state index < -0.39 is 0 Å². The molecule has 1 aromatic heterocycles. The number of thiophene rings is 1. The Morgan fingerprint density at radius 3 is 2.67 bits per heavy atom. The smallest absolute Gasteiger partial charge is 0.248 e. The summed E-state index contributed by atoms with van der Waals surface area (Å²) in [6.45, 7) is 0. The van der Waals surface area contributed by atoms with E-state index >= 15 is 0 Å². The molecular formula is C19H13ClN2OS.